The van der Waals surface area contributed by atoms with Gasteiger partial charge >= 0.3 is 0 Å². The molecule has 0 aliphatic heterocycles. The van der Waals surface area contributed by atoms with Crippen LogP contribution < -0.4 is 0 Å². The molecule has 1 rings (SSSR count). The van der Waals surface area contributed by atoms with Crippen molar-refractivity contribution in [2.45, 2.75) is 33.3 Å². The van der Waals surface area contributed by atoms with Crippen molar-refractivity contribution >= 4 is 5.69 Å². The van der Waals surface area contributed by atoms with Crippen LogP contribution in [-0.4, -0.2) is 21.1 Å². The van der Waals surface area contributed by atoms with E-state index >= 15 is 0 Å². The van der Waals surface area contributed by atoms with Gasteiger partial charge in [-0.15, -0.1) is 0 Å². The van der Waals surface area contributed by atoms with Gasteiger partial charge in [0, 0.05) is 29.9 Å². The molecule has 16 heavy (non-hydrogen) atoms. The van der Waals surface area contributed by atoms with Crippen LogP contribution >= 0.6 is 0 Å². The fraction of sp³-hybridized carbons (Fsp3) is 0.545. The number of aliphatic hydroxyl groups excluding tert-OH is 1. The zero-order chi connectivity index (χ0) is 12.3. The lowest BCUT2D eigenvalue weighted by atomic mass is 10.0. The summed E-state index contributed by atoms with van der Waals surface area (Å²) in [5.41, 5.74) is 1.15. The average molecular weight is 224 g/mol. The van der Waals surface area contributed by atoms with E-state index in [1.807, 2.05) is 13.8 Å². The highest BCUT2D eigenvalue weighted by molar-refractivity contribution is 5.38. The highest BCUT2D eigenvalue weighted by Crippen LogP contribution is 2.19. The van der Waals surface area contributed by atoms with Gasteiger partial charge in [-0.3, -0.25) is 15.1 Å². The van der Waals surface area contributed by atoms with Gasteiger partial charge in [0.1, 0.15) is 0 Å². The Labute approximate surface area is 94.3 Å². The van der Waals surface area contributed by atoms with Crippen molar-refractivity contribution in [2.24, 2.45) is 5.92 Å². The molecule has 1 aromatic rings. The largest absolute Gasteiger partial charge is 0.392 e. The molecule has 1 aromatic heterocycles. The minimum atomic E-state index is -0.519. The summed E-state index contributed by atoms with van der Waals surface area (Å²) in [5.74, 6) is 0.113. The normalized spacial score (nSPS) is 12.8. The van der Waals surface area contributed by atoms with Gasteiger partial charge in [-0.2, -0.15) is 0 Å². The molecule has 0 fully saturated rings. The number of rotatable bonds is 4. The molecule has 0 aromatic carbocycles. The molecule has 0 radical (unpaired) electrons. The molecule has 0 saturated carbocycles. The molecule has 0 spiro atoms. The summed E-state index contributed by atoms with van der Waals surface area (Å²) in [5, 5.41) is 20.4. The van der Waals surface area contributed by atoms with Crippen LogP contribution in [0, 0.1) is 23.0 Å². The summed E-state index contributed by atoms with van der Waals surface area (Å²) in [6.45, 7) is 5.44. The predicted molar refractivity (Wildman–Crippen MR) is 60.2 cm³/mol. The molecule has 1 N–H and O–H groups in total. The molecule has 0 saturated heterocycles. The number of aryl methyl sites for hydroxylation is 1. The summed E-state index contributed by atoms with van der Waals surface area (Å²) >= 11 is 0. The van der Waals surface area contributed by atoms with Crippen LogP contribution in [-0.2, 0) is 6.42 Å². The van der Waals surface area contributed by atoms with E-state index in [0.717, 1.165) is 0 Å². The van der Waals surface area contributed by atoms with E-state index in [1.54, 1.807) is 6.92 Å². The lowest BCUT2D eigenvalue weighted by Gasteiger charge is -2.13. The number of nitro groups is 1. The Hall–Kier alpha value is -1.49. The van der Waals surface area contributed by atoms with Crippen LogP contribution in [0.3, 0.4) is 0 Å². The Bertz CT molecular complexity index is 391. The highest BCUT2D eigenvalue weighted by Gasteiger charge is 2.15. The Morgan fingerprint density at radius 3 is 2.69 bits per heavy atom. The average Bonchev–Trinajstić information content (AvgIpc) is 2.20. The van der Waals surface area contributed by atoms with Crippen LogP contribution in [0.15, 0.2) is 12.3 Å². The van der Waals surface area contributed by atoms with Gasteiger partial charge in [-0.1, -0.05) is 13.8 Å². The Morgan fingerprint density at radius 2 is 2.19 bits per heavy atom. The van der Waals surface area contributed by atoms with Crippen molar-refractivity contribution in [3.63, 3.8) is 0 Å². The van der Waals surface area contributed by atoms with Gasteiger partial charge in [0.25, 0.3) is 5.69 Å². The number of aromatic nitrogens is 1. The molecule has 0 aliphatic rings. The Morgan fingerprint density at radius 1 is 1.56 bits per heavy atom. The Balaban J connectivity index is 2.91. The maximum atomic E-state index is 10.7. The molecule has 0 aliphatic carbocycles. The van der Waals surface area contributed by atoms with E-state index < -0.39 is 11.0 Å². The highest BCUT2D eigenvalue weighted by atomic mass is 16.6. The second kappa shape index (κ2) is 5.03. The molecule has 5 nitrogen and oxygen atoms in total. The summed E-state index contributed by atoms with van der Waals surface area (Å²) in [6.07, 6.45) is 1.30. The van der Waals surface area contributed by atoms with Crippen molar-refractivity contribution in [3.8, 4) is 0 Å². The smallest absolute Gasteiger partial charge is 0.275 e. The van der Waals surface area contributed by atoms with Crippen LogP contribution in [0.2, 0.25) is 0 Å². The van der Waals surface area contributed by atoms with E-state index in [-0.39, 0.29) is 11.6 Å². The summed E-state index contributed by atoms with van der Waals surface area (Å²) in [7, 11) is 0. The lowest BCUT2D eigenvalue weighted by Crippen LogP contribution is -2.18. The first kappa shape index (κ1) is 12.6. The van der Waals surface area contributed by atoms with Crippen LogP contribution in [0.4, 0.5) is 5.69 Å². The number of hydrogen-bond acceptors (Lipinski definition) is 4. The van der Waals surface area contributed by atoms with Crippen molar-refractivity contribution in [2.75, 3.05) is 0 Å². The monoisotopic (exact) mass is 224 g/mol. The fourth-order valence-electron chi connectivity index (χ4n) is 1.31. The SMILES string of the molecule is Cc1cnc(CC(O)C(C)C)cc1[N+](=O)[O-]. The Kier molecular flexibility index (Phi) is 3.95. The maximum absolute atomic E-state index is 10.7. The quantitative estimate of drug-likeness (QED) is 0.625. The molecule has 0 amide bonds. The number of aliphatic hydroxyl groups is 1. The molecule has 0 bridgehead atoms. The molecule has 1 unspecified atom stereocenters. The minimum absolute atomic E-state index is 0.0564. The van der Waals surface area contributed by atoms with Gasteiger partial charge in [0.2, 0.25) is 0 Å². The van der Waals surface area contributed by atoms with Crippen molar-refractivity contribution in [1.82, 2.24) is 4.98 Å². The standard InChI is InChI=1S/C11H16N2O3/c1-7(2)11(14)5-9-4-10(13(15)16)8(3)6-12-9/h4,6-7,11,14H,5H2,1-3H3. The zero-order valence-corrected chi connectivity index (χ0v) is 9.67. The second-order valence-corrected chi connectivity index (χ2v) is 4.23. The maximum Gasteiger partial charge on any atom is 0.275 e. The molecule has 1 heterocycles. The first-order valence-corrected chi connectivity index (χ1v) is 5.19. The third kappa shape index (κ3) is 3.00. The lowest BCUT2D eigenvalue weighted by molar-refractivity contribution is -0.385. The van der Waals surface area contributed by atoms with E-state index in [2.05, 4.69) is 4.98 Å². The topological polar surface area (TPSA) is 76.3 Å². The third-order valence-corrected chi connectivity index (χ3v) is 2.52. The van der Waals surface area contributed by atoms with E-state index in [4.69, 9.17) is 0 Å². The molecule has 5 heteroatoms. The van der Waals surface area contributed by atoms with Gasteiger partial charge in [-0.25, -0.2) is 0 Å². The summed E-state index contributed by atoms with van der Waals surface area (Å²) in [4.78, 5) is 14.4. The number of nitrogens with zero attached hydrogens (tertiary/aromatic N) is 2. The second-order valence-electron chi connectivity index (χ2n) is 4.23. The summed E-state index contributed by atoms with van der Waals surface area (Å²) in [6, 6.07) is 1.43. The van der Waals surface area contributed by atoms with Crippen LogP contribution in [0.25, 0.3) is 0 Å². The van der Waals surface area contributed by atoms with Gasteiger partial charge in [-0.05, 0) is 12.8 Å². The van der Waals surface area contributed by atoms with E-state index in [1.165, 1.54) is 12.3 Å². The predicted octanol–water partition coefficient (Wildman–Crippen LogP) is 1.86. The third-order valence-electron chi connectivity index (χ3n) is 2.52. The molecule has 1 atom stereocenters. The first-order valence-electron chi connectivity index (χ1n) is 5.19. The molecular formula is C11H16N2O3. The zero-order valence-electron chi connectivity index (χ0n) is 9.67. The van der Waals surface area contributed by atoms with Crippen molar-refractivity contribution in [1.29, 1.82) is 0 Å². The number of pyridine rings is 1. The van der Waals surface area contributed by atoms with Crippen molar-refractivity contribution < 1.29 is 10.0 Å². The fourth-order valence-corrected chi connectivity index (χ4v) is 1.31. The van der Waals surface area contributed by atoms with Crippen molar-refractivity contribution in [3.05, 3.63) is 33.6 Å². The summed E-state index contributed by atoms with van der Waals surface area (Å²) < 4.78 is 0. The van der Waals surface area contributed by atoms with Gasteiger partial charge in [0.15, 0.2) is 0 Å². The van der Waals surface area contributed by atoms with E-state index in [0.29, 0.717) is 17.7 Å². The van der Waals surface area contributed by atoms with Gasteiger partial charge < -0.3 is 5.11 Å². The molecule has 88 valence electrons. The first-order chi connectivity index (χ1) is 7.41. The molecular weight excluding hydrogens is 208 g/mol. The van der Waals surface area contributed by atoms with Crippen LogP contribution in [0.1, 0.15) is 25.1 Å². The minimum Gasteiger partial charge on any atom is -0.392 e. The van der Waals surface area contributed by atoms with Gasteiger partial charge in [0.05, 0.1) is 11.0 Å². The van der Waals surface area contributed by atoms with E-state index in [9.17, 15) is 15.2 Å². The number of hydrogen-bond donors (Lipinski definition) is 1. The van der Waals surface area contributed by atoms with Crippen LogP contribution in [0.5, 0.6) is 0 Å².